The number of hydrogen-bond acceptors (Lipinski definition) is 4. The molecule has 0 aliphatic rings. The fourth-order valence-electron chi connectivity index (χ4n) is 2.03. The fraction of sp³-hybridized carbons (Fsp3) is 0.200. The predicted molar refractivity (Wildman–Crippen MR) is 80.2 cm³/mol. The van der Waals surface area contributed by atoms with Crippen LogP contribution in [-0.4, -0.2) is 29.6 Å². The second-order valence-electron chi connectivity index (χ2n) is 4.50. The van der Waals surface area contributed by atoms with Crippen molar-refractivity contribution in [2.24, 2.45) is 10.9 Å². The van der Waals surface area contributed by atoms with Gasteiger partial charge in [0.25, 0.3) is 0 Å². The van der Waals surface area contributed by atoms with Gasteiger partial charge in [0, 0.05) is 43.2 Å². The van der Waals surface area contributed by atoms with Crippen LogP contribution in [0.4, 0.5) is 5.69 Å². The third-order valence-electron chi connectivity index (χ3n) is 3.13. The van der Waals surface area contributed by atoms with Gasteiger partial charge in [-0.1, -0.05) is 23.4 Å². The molecule has 0 spiro atoms. The van der Waals surface area contributed by atoms with Gasteiger partial charge in [-0.2, -0.15) is 0 Å². The molecule has 0 amide bonds. The summed E-state index contributed by atoms with van der Waals surface area (Å²) in [5, 5.41) is 11.9. The topological polar surface area (TPSA) is 74.7 Å². The normalized spacial score (nSPS) is 11.3. The van der Waals surface area contributed by atoms with Crippen LogP contribution in [0.15, 0.2) is 53.8 Å². The Kier molecular flexibility index (Phi) is 4.55. The van der Waals surface area contributed by atoms with E-state index in [1.54, 1.807) is 6.20 Å². The summed E-state index contributed by atoms with van der Waals surface area (Å²) < 4.78 is 0. The third kappa shape index (κ3) is 3.26. The van der Waals surface area contributed by atoms with Gasteiger partial charge in [0.2, 0.25) is 0 Å². The average molecular weight is 270 g/mol. The Labute approximate surface area is 118 Å². The molecule has 0 bridgehead atoms. The van der Waals surface area contributed by atoms with E-state index in [0.29, 0.717) is 0 Å². The van der Waals surface area contributed by atoms with Crippen LogP contribution in [0.25, 0.3) is 0 Å². The van der Waals surface area contributed by atoms with Crippen molar-refractivity contribution in [3.63, 3.8) is 0 Å². The Bertz CT molecular complexity index is 583. The lowest BCUT2D eigenvalue weighted by Crippen LogP contribution is -2.25. The number of rotatable bonds is 5. The number of amidine groups is 1. The van der Waals surface area contributed by atoms with Crippen molar-refractivity contribution in [1.82, 2.24) is 4.98 Å². The fourth-order valence-corrected chi connectivity index (χ4v) is 2.03. The molecule has 5 nitrogen and oxygen atoms in total. The molecule has 0 aliphatic carbocycles. The van der Waals surface area contributed by atoms with Gasteiger partial charge in [0.15, 0.2) is 5.84 Å². The zero-order valence-corrected chi connectivity index (χ0v) is 11.4. The van der Waals surface area contributed by atoms with Gasteiger partial charge < -0.3 is 15.8 Å². The minimum atomic E-state index is 0.116. The molecule has 0 radical (unpaired) electrons. The lowest BCUT2D eigenvalue weighted by atomic mass is 10.1. The van der Waals surface area contributed by atoms with Gasteiger partial charge in [0.1, 0.15) is 0 Å². The first-order valence-electron chi connectivity index (χ1n) is 6.40. The van der Waals surface area contributed by atoms with E-state index >= 15 is 0 Å². The van der Waals surface area contributed by atoms with Crippen LogP contribution in [0, 0.1) is 0 Å². The van der Waals surface area contributed by atoms with E-state index in [2.05, 4.69) is 15.0 Å². The highest BCUT2D eigenvalue weighted by Gasteiger charge is 2.10. The summed E-state index contributed by atoms with van der Waals surface area (Å²) in [5.74, 6) is 0.116. The number of benzene rings is 1. The molecule has 3 N–H and O–H groups in total. The monoisotopic (exact) mass is 270 g/mol. The molecule has 0 unspecified atom stereocenters. The number of likely N-dealkylation sites (N-methyl/N-ethyl adjacent to an activating group) is 1. The summed E-state index contributed by atoms with van der Waals surface area (Å²) >= 11 is 0. The highest BCUT2D eigenvalue weighted by molar-refractivity contribution is 6.02. The van der Waals surface area contributed by atoms with Crippen LogP contribution in [-0.2, 0) is 6.42 Å². The molecular weight excluding hydrogens is 252 g/mol. The zero-order chi connectivity index (χ0) is 14.4. The van der Waals surface area contributed by atoms with Crippen molar-refractivity contribution in [3.05, 3.63) is 59.9 Å². The van der Waals surface area contributed by atoms with Crippen LogP contribution in [0.5, 0.6) is 0 Å². The quantitative estimate of drug-likeness (QED) is 0.376. The number of para-hydroxylation sites is 1. The molecule has 0 atom stereocenters. The number of nitrogens with zero attached hydrogens (tertiary/aromatic N) is 3. The van der Waals surface area contributed by atoms with Crippen molar-refractivity contribution in [2.45, 2.75) is 6.42 Å². The molecule has 5 heteroatoms. The lowest BCUT2D eigenvalue weighted by molar-refractivity contribution is 0.318. The summed E-state index contributed by atoms with van der Waals surface area (Å²) in [6.07, 6.45) is 2.63. The second kappa shape index (κ2) is 6.56. The van der Waals surface area contributed by atoms with Gasteiger partial charge in [-0.15, -0.1) is 0 Å². The Morgan fingerprint density at radius 3 is 2.70 bits per heavy atom. The maximum Gasteiger partial charge on any atom is 0.172 e. The SMILES string of the molecule is CN(CCc1ccccn1)c1ccccc1/C(N)=N/O. The van der Waals surface area contributed by atoms with Gasteiger partial charge >= 0.3 is 0 Å². The summed E-state index contributed by atoms with van der Waals surface area (Å²) in [5.41, 5.74) is 8.39. The van der Waals surface area contributed by atoms with Crippen molar-refractivity contribution in [3.8, 4) is 0 Å². The van der Waals surface area contributed by atoms with Crippen LogP contribution < -0.4 is 10.6 Å². The largest absolute Gasteiger partial charge is 0.409 e. The maximum absolute atomic E-state index is 8.84. The Morgan fingerprint density at radius 1 is 1.25 bits per heavy atom. The van der Waals surface area contributed by atoms with E-state index < -0.39 is 0 Å². The van der Waals surface area contributed by atoms with Gasteiger partial charge in [-0.3, -0.25) is 4.98 Å². The molecule has 0 saturated carbocycles. The molecule has 0 aliphatic heterocycles. The van der Waals surface area contributed by atoms with Gasteiger partial charge in [0.05, 0.1) is 0 Å². The highest BCUT2D eigenvalue weighted by atomic mass is 16.4. The first-order valence-corrected chi connectivity index (χ1v) is 6.40. The van der Waals surface area contributed by atoms with Crippen LogP contribution in [0.2, 0.25) is 0 Å². The standard InChI is InChI=1S/C15H18N4O/c1-19(11-9-12-6-4-5-10-17-12)14-8-3-2-7-13(14)15(16)18-20/h2-8,10,20H,9,11H2,1H3,(H2,16,18). The van der Waals surface area contributed by atoms with E-state index in [1.807, 2.05) is 49.5 Å². The number of hydrogen-bond donors (Lipinski definition) is 2. The van der Waals surface area contributed by atoms with Crippen molar-refractivity contribution < 1.29 is 5.21 Å². The number of nitrogens with two attached hydrogens (primary N) is 1. The Morgan fingerprint density at radius 2 is 2.00 bits per heavy atom. The molecule has 1 aromatic carbocycles. The minimum Gasteiger partial charge on any atom is -0.409 e. The van der Waals surface area contributed by atoms with Gasteiger partial charge in [-0.05, 0) is 24.3 Å². The summed E-state index contributed by atoms with van der Waals surface area (Å²) in [6, 6.07) is 13.5. The summed E-state index contributed by atoms with van der Waals surface area (Å²) in [6.45, 7) is 0.798. The molecule has 2 aromatic rings. The molecule has 1 heterocycles. The molecule has 1 aromatic heterocycles. The van der Waals surface area contributed by atoms with Crippen molar-refractivity contribution in [1.29, 1.82) is 0 Å². The second-order valence-corrected chi connectivity index (χ2v) is 4.50. The number of aromatic nitrogens is 1. The molecular formula is C15H18N4O. The Hall–Kier alpha value is -2.56. The van der Waals surface area contributed by atoms with E-state index in [-0.39, 0.29) is 5.84 Å². The average Bonchev–Trinajstić information content (AvgIpc) is 2.52. The number of anilines is 1. The number of pyridine rings is 1. The van der Waals surface area contributed by atoms with Crippen molar-refractivity contribution in [2.75, 3.05) is 18.5 Å². The molecule has 2 rings (SSSR count). The summed E-state index contributed by atoms with van der Waals surface area (Å²) in [4.78, 5) is 6.37. The van der Waals surface area contributed by atoms with Crippen molar-refractivity contribution >= 4 is 11.5 Å². The van der Waals surface area contributed by atoms with E-state index in [1.165, 1.54) is 0 Å². The maximum atomic E-state index is 8.84. The molecule has 20 heavy (non-hydrogen) atoms. The third-order valence-corrected chi connectivity index (χ3v) is 3.13. The minimum absolute atomic E-state index is 0.116. The van der Waals surface area contributed by atoms with Crippen LogP contribution in [0.1, 0.15) is 11.3 Å². The first kappa shape index (κ1) is 13.9. The van der Waals surface area contributed by atoms with E-state index in [9.17, 15) is 0 Å². The number of oxime groups is 1. The zero-order valence-electron chi connectivity index (χ0n) is 11.4. The predicted octanol–water partition coefficient (Wildman–Crippen LogP) is 1.85. The lowest BCUT2D eigenvalue weighted by Gasteiger charge is -2.21. The molecule has 0 saturated heterocycles. The van der Waals surface area contributed by atoms with Gasteiger partial charge in [-0.25, -0.2) is 0 Å². The summed E-state index contributed by atoms with van der Waals surface area (Å²) in [7, 11) is 1.98. The van der Waals surface area contributed by atoms with E-state index in [4.69, 9.17) is 10.9 Å². The highest BCUT2D eigenvalue weighted by Crippen LogP contribution is 2.19. The smallest absolute Gasteiger partial charge is 0.172 e. The molecule has 0 fully saturated rings. The van der Waals surface area contributed by atoms with E-state index in [0.717, 1.165) is 29.9 Å². The van der Waals surface area contributed by atoms with Crippen LogP contribution in [0.3, 0.4) is 0 Å². The van der Waals surface area contributed by atoms with Crippen LogP contribution >= 0.6 is 0 Å². The first-order chi connectivity index (χ1) is 9.72. The Balaban J connectivity index is 2.11. The molecule has 104 valence electrons.